The first-order valence-corrected chi connectivity index (χ1v) is 8.79. The Balaban J connectivity index is 1.58. The van der Waals surface area contributed by atoms with Gasteiger partial charge in [-0.3, -0.25) is 9.59 Å². The van der Waals surface area contributed by atoms with Crippen LogP contribution in [-0.4, -0.2) is 41.2 Å². The van der Waals surface area contributed by atoms with Crippen LogP contribution >= 0.6 is 0 Å². The number of H-pyrrole nitrogens is 1. The van der Waals surface area contributed by atoms with Crippen LogP contribution in [0.25, 0.3) is 10.9 Å². The van der Waals surface area contributed by atoms with Gasteiger partial charge in [0.15, 0.2) is 0 Å². The Labute approximate surface area is 160 Å². The van der Waals surface area contributed by atoms with Crippen LogP contribution in [-0.2, 0) is 11.2 Å². The highest BCUT2D eigenvalue weighted by atomic mass is 16.3. The number of hydrogen-bond donors (Lipinski definition) is 5. The van der Waals surface area contributed by atoms with Gasteiger partial charge in [0.05, 0.1) is 17.8 Å². The summed E-state index contributed by atoms with van der Waals surface area (Å²) in [5.74, 6) is -0.371. The summed E-state index contributed by atoms with van der Waals surface area (Å²) in [6.45, 7) is 0. The maximum absolute atomic E-state index is 12.8. The molecule has 0 bridgehead atoms. The van der Waals surface area contributed by atoms with E-state index in [2.05, 4.69) is 26.1 Å². The maximum atomic E-state index is 12.8. The summed E-state index contributed by atoms with van der Waals surface area (Å²) in [5, 5.41) is 19.9. The van der Waals surface area contributed by atoms with E-state index in [1.165, 1.54) is 0 Å². The monoisotopic (exact) mass is 377 g/mol. The average molecular weight is 377 g/mol. The molecule has 142 valence electrons. The number of amides is 2. The number of nitrogens with one attached hydrogen (secondary N) is 4. The van der Waals surface area contributed by atoms with E-state index in [0.717, 1.165) is 22.0 Å². The second kappa shape index (κ2) is 7.16. The standard InChI is InChI=1S/C20H19N5O3/c1-21-17(6-11-2-4-14(26)5-3-11)20(28)24-13-7-15-18-12(9-22-16(18)8-13)10-23-25-19(15)27/h2-5,7-10,17,21-22,26H,6H2,1H3,(H,24,28)(H,25,27). The number of nitrogens with zero attached hydrogens (tertiary/aromatic N) is 1. The molecule has 8 heteroatoms. The van der Waals surface area contributed by atoms with Crippen molar-refractivity contribution in [3.05, 3.63) is 59.3 Å². The minimum Gasteiger partial charge on any atom is -0.508 e. The minimum atomic E-state index is -0.476. The molecule has 2 amide bonds. The van der Waals surface area contributed by atoms with Gasteiger partial charge in [0.25, 0.3) is 5.91 Å². The number of aromatic hydroxyl groups is 1. The largest absolute Gasteiger partial charge is 0.508 e. The lowest BCUT2D eigenvalue weighted by atomic mass is 10.0. The Morgan fingerprint density at radius 1 is 1.25 bits per heavy atom. The van der Waals surface area contributed by atoms with Gasteiger partial charge in [0.1, 0.15) is 5.75 Å². The Kier molecular flexibility index (Phi) is 4.54. The highest BCUT2D eigenvalue weighted by molar-refractivity contribution is 6.15. The third-order valence-corrected chi connectivity index (χ3v) is 4.73. The van der Waals surface area contributed by atoms with Gasteiger partial charge in [0.2, 0.25) is 5.91 Å². The number of aromatic nitrogens is 1. The van der Waals surface area contributed by atoms with E-state index in [-0.39, 0.29) is 17.6 Å². The normalized spacial score (nSPS) is 13.8. The molecule has 0 aliphatic carbocycles. The summed E-state index contributed by atoms with van der Waals surface area (Å²) >= 11 is 0. The summed E-state index contributed by atoms with van der Waals surface area (Å²) in [6, 6.07) is 9.69. The molecule has 1 unspecified atom stereocenters. The molecule has 28 heavy (non-hydrogen) atoms. The van der Waals surface area contributed by atoms with Gasteiger partial charge < -0.3 is 20.7 Å². The van der Waals surface area contributed by atoms with Crippen LogP contribution in [0.2, 0.25) is 0 Å². The Morgan fingerprint density at radius 3 is 2.79 bits per heavy atom. The van der Waals surface area contributed by atoms with Gasteiger partial charge in [-0.1, -0.05) is 12.1 Å². The first-order chi connectivity index (χ1) is 13.5. The van der Waals surface area contributed by atoms with E-state index in [4.69, 9.17) is 0 Å². The number of benzene rings is 2. The Bertz CT molecular complexity index is 1090. The number of carbonyl (C=O) groups is 2. The first-order valence-electron chi connectivity index (χ1n) is 8.79. The predicted octanol–water partition coefficient (Wildman–Crippen LogP) is 1.72. The van der Waals surface area contributed by atoms with Crippen molar-refractivity contribution in [2.24, 2.45) is 5.10 Å². The van der Waals surface area contributed by atoms with Crippen molar-refractivity contribution < 1.29 is 14.7 Å². The number of hydrazone groups is 1. The zero-order chi connectivity index (χ0) is 19.7. The van der Waals surface area contributed by atoms with Gasteiger partial charge >= 0.3 is 0 Å². The minimum absolute atomic E-state index is 0.181. The zero-order valence-corrected chi connectivity index (χ0v) is 15.1. The lowest BCUT2D eigenvalue weighted by molar-refractivity contribution is -0.118. The number of likely N-dealkylation sites (N-methyl/N-ethyl adjacent to an activating group) is 1. The molecule has 0 fully saturated rings. The summed E-state index contributed by atoms with van der Waals surface area (Å²) in [6.07, 6.45) is 3.81. The van der Waals surface area contributed by atoms with Crippen LogP contribution in [0, 0.1) is 0 Å². The molecule has 1 atom stereocenters. The van der Waals surface area contributed by atoms with E-state index in [1.807, 2.05) is 0 Å². The summed E-state index contributed by atoms with van der Waals surface area (Å²) in [5.41, 5.74) is 5.89. The lowest BCUT2D eigenvalue weighted by Crippen LogP contribution is -2.40. The van der Waals surface area contributed by atoms with Crippen LogP contribution in [0.4, 0.5) is 5.69 Å². The zero-order valence-electron chi connectivity index (χ0n) is 15.1. The van der Waals surface area contributed by atoms with Crippen molar-refractivity contribution in [2.45, 2.75) is 12.5 Å². The fourth-order valence-corrected chi connectivity index (χ4v) is 3.29. The van der Waals surface area contributed by atoms with Crippen LogP contribution in [0.3, 0.4) is 0 Å². The fraction of sp³-hybridized carbons (Fsp3) is 0.150. The number of carbonyl (C=O) groups excluding carboxylic acids is 2. The molecule has 0 radical (unpaired) electrons. The second-order valence-electron chi connectivity index (χ2n) is 6.59. The third kappa shape index (κ3) is 3.33. The number of aromatic amines is 1. The maximum Gasteiger partial charge on any atom is 0.272 e. The molecular formula is C20H19N5O3. The molecule has 0 saturated carbocycles. The van der Waals surface area contributed by atoms with E-state index in [1.54, 1.807) is 55.9 Å². The molecule has 0 spiro atoms. The van der Waals surface area contributed by atoms with Gasteiger partial charge in [-0.25, -0.2) is 5.43 Å². The van der Waals surface area contributed by atoms with Gasteiger partial charge in [-0.2, -0.15) is 5.10 Å². The molecule has 0 saturated heterocycles. The lowest BCUT2D eigenvalue weighted by Gasteiger charge is -2.17. The summed E-state index contributed by atoms with van der Waals surface area (Å²) in [4.78, 5) is 28.2. The smallest absolute Gasteiger partial charge is 0.272 e. The summed E-state index contributed by atoms with van der Waals surface area (Å²) < 4.78 is 0. The highest BCUT2D eigenvalue weighted by Crippen LogP contribution is 2.27. The van der Waals surface area contributed by atoms with E-state index < -0.39 is 6.04 Å². The van der Waals surface area contributed by atoms with Gasteiger partial charge in [-0.05, 0) is 43.3 Å². The fourth-order valence-electron chi connectivity index (χ4n) is 3.29. The van der Waals surface area contributed by atoms with Crippen molar-refractivity contribution in [1.82, 2.24) is 15.7 Å². The topological polar surface area (TPSA) is 119 Å². The van der Waals surface area contributed by atoms with Gasteiger partial charge in [0, 0.05) is 28.4 Å². The summed E-state index contributed by atoms with van der Waals surface area (Å²) in [7, 11) is 1.71. The molecule has 3 aromatic rings. The number of phenolic OH excluding ortho intramolecular Hbond substituents is 1. The first kappa shape index (κ1) is 17.7. The predicted molar refractivity (Wildman–Crippen MR) is 107 cm³/mol. The second-order valence-corrected chi connectivity index (χ2v) is 6.59. The van der Waals surface area contributed by atoms with Crippen LogP contribution in [0.5, 0.6) is 5.75 Å². The van der Waals surface area contributed by atoms with Crippen LogP contribution < -0.4 is 16.1 Å². The molecule has 8 nitrogen and oxygen atoms in total. The van der Waals surface area contributed by atoms with E-state index in [9.17, 15) is 14.7 Å². The third-order valence-electron chi connectivity index (χ3n) is 4.73. The number of rotatable bonds is 5. The SMILES string of the molecule is CNC(Cc1ccc(O)cc1)C(=O)Nc1cc2c3c(c[nH]c3c1)C=NNC2=O. The van der Waals surface area contributed by atoms with E-state index >= 15 is 0 Å². The number of hydrogen-bond acceptors (Lipinski definition) is 5. The Morgan fingerprint density at radius 2 is 2.04 bits per heavy atom. The molecule has 2 aromatic carbocycles. The Hall–Kier alpha value is -3.65. The molecule has 5 N–H and O–H groups in total. The molecule has 1 aromatic heterocycles. The van der Waals surface area contributed by atoms with Crippen LogP contribution in [0.15, 0.2) is 47.7 Å². The van der Waals surface area contributed by atoms with Crippen LogP contribution in [0.1, 0.15) is 21.5 Å². The highest BCUT2D eigenvalue weighted by Gasteiger charge is 2.21. The average Bonchev–Trinajstić information content (AvgIpc) is 3.01. The number of phenols is 1. The quantitative estimate of drug-likeness (QED) is 0.465. The molecule has 4 rings (SSSR count). The number of anilines is 1. The van der Waals surface area contributed by atoms with Crippen molar-refractivity contribution in [3.63, 3.8) is 0 Å². The van der Waals surface area contributed by atoms with Crippen molar-refractivity contribution >= 4 is 34.6 Å². The molecule has 1 aliphatic heterocycles. The molecular weight excluding hydrogens is 358 g/mol. The van der Waals surface area contributed by atoms with E-state index in [0.29, 0.717) is 17.7 Å². The van der Waals surface area contributed by atoms with Crippen molar-refractivity contribution in [1.29, 1.82) is 0 Å². The van der Waals surface area contributed by atoms with Crippen molar-refractivity contribution in [2.75, 3.05) is 12.4 Å². The molecule has 1 aliphatic rings. The molecule has 2 heterocycles. The van der Waals surface area contributed by atoms with Gasteiger partial charge in [-0.15, -0.1) is 0 Å². The van der Waals surface area contributed by atoms with Crippen molar-refractivity contribution in [3.8, 4) is 5.75 Å².